The lowest BCUT2D eigenvalue weighted by Crippen LogP contribution is -2.42. The lowest BCUT2D eigenvalue weighted by Gasteiger charge is -2.36. The van der Waals surface area contributed by atoms with Gasteiger partial charge < -0.3 is 14.6 Å². The van der Waals surface area contributed by atoms with Crippen LogP contribution in [0.1, 0.15) is 22.9 Å². The summed E-state index contributed by atoms with van der Waals surface area (Å²) < 4.78 is 18.4. The van der Waals surface area contributed by atoms with Crippen molar-refractivity contribution in [1.82, 2.24) is 9.88 Å². The van der Waals surface area contributed by atoms with E-state index in [1.807, 2.05) is 23.1 Å². The normalized spacial score (nSPS) is 16.9. The summed E-state index contributed by atoms with van der Waals surface area (Å²) in [4.78, 5) is 17.9. The molecular weight excluding hydrogens is 319 g/mol. The van der Waals surface area contributed by atoms with Gasteiger partial charge in [0, 0.05) is 30.3 Å². The number of aromatic amines is 1. The topological polar surface area (TPSA) is 45.3 Å². The summed E-state index contributed by atoms with van der Waals surface area (Å²) >= 11 is 0. The highest BCUT2D eigenvalue weighted by Gasteiger charge is 2.34. The molecule has 1 N–H and O–H groups in total. The molecule has 1 amide bonds. The van der Waals surface area contributed by atoms with Gasteiger partial charge in [0.05, 0.1) is 6.04 Å². The minimum atomic E-state index is -0.286. The van der Waals surface area contributed by atoms with Crippen LogP contribution in [0.4, 0.5) is 4.39 Å². The SMILES string of the molecule is COCC(=O)N1CCc2c([nH]c3ccccc23)C1c1ccc(F)cc1. The molecule has 0 saturated heterocycles. The highest BCUT2D eigenvalue weighted by Crippen LogP contribution is 2.38. The van der Waals surface area contributed by atoms with Gasteiger partial charge in [0.15, 0.2) is 0 Å². The Bertz CT molecular complexity index is 917. The van der Waals surface area contributed by atoms with Crippen LogP contribution in [0.5, 0.6) is 0 Å². The number of amides is 1. The van der Waals surface area contributed by atoms with Crippen LogP contribution in [-0.4, -0.2) is 36.1 Å². The van der Waals surface area contributed by atoms with E-state index in [-0.39, 0.29) is 24.4 Å². The third-order valence-corrected chi connectivity index (χ3v) is 4.81. The fourth-order valence-electron chi connectivity index (χ4n) is 3.71. The van der Waals surface area contributed by atoms with E-state index < -0.39 is 0 Å². The Labute approximate surface area is 145 Å². The minimum absolute atomic E-state index is 0.0350. The van der Waals surface area contributed by atoms with Gasteiger partial charge in [-0.1, -0.05) is 30.3 Å². The van der Waals surface area contributed by atoms with Gasteiger partial charge in [0.1, 0.15) is 12.4 Å². The van der Waals surface area contributed by atoms with E-state index in [1.54, 1.807) is 12.1 Å². The zero-order valence-corrected chi connectivity index (χ0v) is 14.0. The molecule has 4 nitrogen and oxygen atoms in total. The lowest BCUT2D eigenvalue weighted by atomic mass is 9.92. The second kappa shape index (κ2) is 6.33. The second-order valence-electron chi connectivity index (χ2n) is 6.29. The summed E-state index contributed by atoms with van der Waals surface area (Å²) in [6, 6.07) is 14.2. The maximum atomic E-state index is 13.4. The summed E-state index contributed by atoms with van der Waals surface area (Å²) in [6.07, 6.45) is 0.784. The molecule has 25 heavy (non-hydrogen) atoms. The van der Waals surface area contributed by atoms with Gasteiger partial charge in [-0.2, -0.15) is 0 Å². The number of ether oxygens (including phenoxy) is 1. The number of methoxy groups -OCH3 is 1. The summed E-state index contributed by atoms with van der Waals surface area (Å²) in [5, 5.41) is 1.18. The molecule has 1 unspecified atom stereocenters. The molecule has 128 valence electrons. The Morgan fingerprint density at radius 1 is 1.24 bits per heavy atom. The summed E-state index contributed by atoms with van der Waals surface area (Å²) in [7, 11) is 1.52. The first-order valence-electron chi connectivity index (χ1n) is 8.32. The number of benzene rings is 2. The number of fused-ring (bicyclic) bond motifs is 3. The average Bonchev–Trinajstić information content (AvgIpc) is 3.00. The maximum Gasteiger partial charge on any atom is 0.249 e. The number of nitrogens with one attached hydrogen (secondary N) is 1. The Morgan fingerprint density at radius 2 is 2.00 bits per heavy atom. The number of aromatic nitrogens is 1. The van der Waals surface area contributed by atoms with E-state index in [0.29, 0.717) is 6.54 Å². The van der Waals surface area contributed by atoms with Gasteiger partial charge in [-0.25, -0.2) is 4.39 Å². The predicted octanol–water partition coefficient (Wildman–Crippen LogP) is 3.43. The molecule has 4 rings (SSSR count). The average molecular weight is 338 g/mol. The van der Waals surface area contributed by atoms with Gasteiger partial charge in [-0.3, -0.25) is 4.79 Å². The number of carbonyl (C=O) groups is 1. The van der Waals surface area contributed by atoms with Gasteiger partial charge in [0.2, 0.25) is 5.91 Å². The van der Waals surface area contributed by atoms with E-state index in [4.69, 9.17) is 4.74 Å². The number of halogens is 1. The van der Waals surface area contributed by atoms with Crippen molar-refractivity contribution in [1.29, 1.82) is 0 Å². The summed E-state index contributed by atoms with van der Waals surface area (Å²) in [6.45, 7) is 0.645. The molecule has 1 aliphatic heterocycles. The Morgan fingerprint density at radius 3 is 2.76 bits per heavy atom. The molecule has 0 saturated carbocycles. The van der Waals surface area contributed by atoms with Gasteiger partial charge in [-0.15, -0.1) is 0 Å². The van der Waals surface area contributed by atoms with Crippen molar-refractivity contribution in [2.45, 2.75) is 12.5 Å². The summed E-state index contributed by atoms with van der Waals surface area (Å²) in [5.74, 6) is -0.354. The molecule has 0 fully saturated rings. The van der Waals surface area contributed by atoms with Crippen LogP contribution in [0, 0.1) is 5.82 Å². The van der Waals surface area contributed by atoms with Gasteiger partial charge >= 0.3 is 0 Å². The predicted molar refractivity (Wildman–Crippen MR) is 93.8 cm³/mol. The zero-order chi connectivity index (χ0) is 17.4. The van der Waals surface area contributed by atoms with Crippen LogP contribution in [0.2, 0.25) is 0 Å². The minimum Gasteiger partial charge on any atom is -0.375 e. The largest absolute Gasteiger partial charge is 0.375 e. The first-order chi connectivity index (χ1) is 12.2. The van der Waals surface area contributed by atoms with Crippen LogP contribution in [0.3, 0.4) is 0 Å². The van der Waals surface area contributed by atoms with Crippen molar-refractivity contribution >= 4 is 16.8 Å². The molecule has 0 radical (unpaired) electrons. The monoisotopic (exact) mass is 338 g/mol. The van der Waals surface area contributed by atoms with Crippen molar-refractivity contribution < 1.29 is 13.9 Å². The van der Waals surface area contributed by atoms with Crippen LogP contribution in [0.15, 0.2) is 48.5 Å². The quantitative estimate of drug-likeness (QED) is 0.795. The Kier molecular flexibility index (Phi) is 4.01. The van der Waals surface area contributed by atoms with Gasteiger partial charge in [0.25, 0.3) is 0 Å². The standard InChI is InChI=1S/C20H19FN2O2/c1-25-12-18(24)23-11-10-16-15-4-2-3-5-17(15)22-19(16)20(23)13-6-8-14(21)9-7-13/h2-9,20,22H,10-12H2,1H3. The number of hydrogen-bond acceptors (Lipinski definition) is 2. The first kappa shape index (κ1) is 15.8. The first-order valence-corrected chi connectivity index (χ1v) is 8.32. The zero-order valence-electron chi connectivity index (χ0n) is 14.0. The molecular formula is C20H19FN2O2. The van der Waals surface area contributed by atoms with E-state index in [2.05, 4.69) is 11.1 Å². The van der Waals surface area contributed by atoms with E-state index >= 15 is 0 Å². The molecule has 2 heterocycles. The second-order valence-corrected chi connectivity index (χ2v) is 6.29. The van der Waals surface area contributed by atoms with E-state index in [1.165, 1.54) is 30.2 Å². The fourth-order valence-corrected chi connectivity index (χ4v) is 3.71. The van der Waals surface area contributed by atoms with Crippen LogP contribution < -0.4 is 0 Å². The maximum absolute atomic E-state index is 13.4. The smallest absolute Gasteiger partial charge is 0.249 e. The number of H-pyrrole nitrogens is 1. The number of carbonyl (C=O) groups excluding carboxylic acids is 1. The van der Waals surface area contributed by atoms with Crippen LogP contribution in [0.25, 0.3) is 10.9 Å². The van der Waals surface area contributed by atoms with Crippen LogP contribution in [-0.2, 0) is 16.0 Å². The molecule has 1 aromatic heterocycles. The summed E-state index contributed by atoms with van der Waals surface area (Å²) in [5.41, 5.74) is 4.17. The number of para-hydroxylation sites is 1. The molecule has 1 atom stereocenters. The molecule has 0 spiro atoms. The fraction of sp³-hybridized carbons (Fsp3) is 0.250. The van der Waals surface area contributed by atoms with Crippen molar-refractivity contribution in [3.8, 4) is 0 Å². The lowest BCUT2D eigenvalue weighted by molar-refractivity contribution is -0.137. The molecule has 2 aromatic carbocycles. The van der Waals surface area contributed by atoms with Crippen molar-refractivity contribution in [3.63, 3.8) is 0 Å². The van der Waals surface area contributed by atoms with Crippen molar-refractivity contribution in [3.05, 3.63) is 71.2 Å². The Balaban J connectivity index is 1.87. The Hall–Kier alpha value is -2.66. The van der Waals surface area contributed by atoms with Crippen molar-refractivity contribution in [2.24, 2.45) is 0 Å². The van der Waals surface area contributed by atoms with Gasteiger partial charge in [-0.05, 0) is 35.7 Å². The molecule has 5 heteroatoms. The van der Waals surface area contributed by atoms with E-state index in [9.17, 15) is 9.18 Å². The highest BCUT2D eigenvalue weighted by molar-refractivity contribution is 5.86. The van der Waals surface area contributed by atoms with E-state index in [0.717, 1.165) is 23.2 Å². The highest BCUT2D eigenvalue weighted by atomic mass is 19.1. The molecule has 0 aliphatic carbocycles. The third kappa shape index (κ3) is 2.70. The van der Waals surface area contributed by atoms with Crippen LogP contribution >= 0.6 is 0 Å². The number of hydrogen-bond donors (Lipinski definition) is 1. The third-order valence-electron chi connectivity index (χ3n) is 4.81. The number of nitrogens with zero attached hydrogens (tertiary/aromatic N) is 1. The number of rotatable bonds is 3. The molecule has 1 aliphatic rings. The molecule has 0 bridgehead atoms. The molecule has 3 aromatic rings. The van der Waals surface area contributed by atoms with Crippen molar-refractivity contribution in [2.75, 3.05) is 20.3 Å².